The lowest BCUT2D eigenvalue weighted by atomic mass is 10.1. The van der Waals surface area contributed by atoms with Crippen molar-refractivity contribution in [2.45, 2.75) is 6.92 Å². The van der Waals surface area contributed by atoms with Gasteiger partial charge in [-0.2, -0.15) is 0 Å². The maximum absolute atomic E-state index is 3.57. The number of fused-ring (bicyclic) bond motifs is 1. The van der Waals surface area contributed by atoms with Crippen molar-refractivity contribution in [1.29, 1.82) is 0 Å². The second kappa shape index (κ2) is 4.04. The highest BCUT2D eigenvalue weighted by molar-refractivity contribution is 9.10. The van der Waals surface area contributed by atoms with E-state index in [0.29, 0.717) is 0 Å². The molecular weight excluding hydrogens is 274 g/mol. The molecule has 17 heavy (non-hydrogen) atoms. The third kappa shape index (κ3) is 1.89. The number of nitrogens with one attached hydrogen (secondary N) is 1. The van der Waals surface area contributed by atoms with Gasteiger partial charge in [-0.25, -0.2) is 0 Å². The average Bonchev–Trinajstić information content (AvgIpc) is 2.74. The number of hydrogen-bond acceptors (Lipinski definition) is 0. The number of halogens is 1. The van der Waals surface area contributed by atoms with E-state index in [4.69, 9.17) is 0 Å². The molecule has 0 aliphatic heterocycles. The third-order valence-corrected chi connectivity index (χ3v) is 3.60. The summed E-state index contributed by atoms with van der Waals surface area (Å²) in [7, 11) is 0. The van der Waals surface area contributed by atoms with Gasteiger partial charge >= 0.3 is 0 Å². The first kappa shape index (κ1) is 10.6. The minimum Gasteiger partial charge on any atom is -0.354 e. The lowest BCUT2D eigenvalue weighted by Crippen LogP contribution is -1.78. The van der Waals surface area contributed by atoms with Crippen molar-refractivity contribution >= 4 is 26.8 Å². The van der Waals surface area contributed by atoms with Gasteiger partial charge in [-0.3, -0.25) is 0 Å². The number of aromatic amines is 1. The Morgan fingerprint density at radius 2 is 1.82 bits per heavy atom. The molecule has 0 radical (unpaired) electrons. The van der Waals surface area contributed by atoms with Crippen LogP contribution in [0.15, 0.2) is 53.0 Å². The zero-order valence-electron chi connectivity index (χ0n) is 9.50. The maximum Gasteiger partial charge on any atom is 0.0603 e. The molecule has 0 fully saturated rings. The van der Waals surface area contributed by atoms with Crippen LogP contribution in [0.25, 0.3) is 22.2 Å². The van der Waals surface area contributed by atoms with Crippen LogP contribution in [0.5, 0.6) is 0 Å². The molecule has 0 atom stereocenters. The van der Waals surface area contributed by atoms with Gasteiger partial charge < -0.3 is 4.98 Å². The molecule has 3 rings (SSSR count). The molecule has 2 aromatic carbocycles. The Morgan fingerprint density at radius 1 is 1.00 bits per heavy atom. The number of rotatable bonds is 1. The van der Waals surface area contributed by atoms with Gasteiger partial charge in [0, 0.05) is 15.6 Å². The SMILES string of the molecule is Cc1cccc(-c2cc3cccc(Br)c3[nH]2)c1. The van der Waals surface area contributed by atoms with Gasteiger partial charge in [-0.15, -0.1) is 0 Å². The summed E-state index contributed by atoms with van der Waals surface area (Å²) >= 11 is 3.57. The normalized spacial score (nSPS) is 10.9. The highest BCUT2D eigenvalue weighted by atomic mass is 79.9. The minimum absolute atomic E-state index is 1.11. The molecule has 0 saturated carbocycles. The van der Waals surface area contributed by atoms with E-state index in [2.05, 4.69) is 76.4 Å². The summed E-state index contributed by atoms with van der Waals surface area (Å²) in [6.45, 7) is 2.11. The summed E-state index contributed by atoms with van der Waals surface area (Å²) in [6.07, 6.45) is 0. The molecule has 84 valence electrons. The van der Waals surface area contributed by atoms with Crippen LogP contribution in [0.1, 0.15) is 5.56 Å². The molecule has 1 aromatic heterocycles. The molecule has 0 aliphatic rings. The van der Waals surface area contributed by atoms with E-state index in [1.54, 1.807) is 0 Å². The molecule has 2 heteroatoms. The molecule has 0 bridgehead atoms. The van der Waals surface area contributed by atoms with Crippen LogP contribution >= 0.6 is 15.9 Å². The first-order chi connectivity index (χ1) is 8.24. The van der Waals surface area contributed by atoms with E-state index in [0.717, 1.165) is 15.7 Å². The van der Waals surface area contributed by atoms with Crippen molar-refractivity contribution in [3.8, 4) is 11.3 Å². The third-order valence-electron chi connectivity index (χ3n) is 2.93. The smallest absolute Gasteiger partial charge is 0.0603 e. The van der Waals surface area contributed by atoms with Gasteiger partial charge in [-0.1, -0.05) is 35.9 Å². The Morgan fingerprint density at radius 3 is 2.59 bits per heavy atom. The quantitative estimate of drug-likeness (QED) is 0.654. The van der Waals surface area contributed by atoms with Crippen molar-refractivity contribution < 1.29 is 0 Å². The fraction of sp³-hybridized carbons (Fsp3) is 0.0667. The lowest BCUT2D eigenvalue weighted by Gasteiger charge is -1.99. The fourth-order valence-electron chi connectivity index (χ4n) is 2.09. The van der Waals surface area contributed by atoms with E-state index in [1.165, 1.54) is 16.5 Å². The Labute approximate surface area is 109 Å². The second-order valence-electron chi connectivity index (χ2n) is 4.26. The molecule has 0 unspecified atom stereocenters. The van der Waals surface area contributed by atoms with Gasteiger partial charge in [0.2, 0.25) is 0 Å². The van der Waals surface area contributed by atoms with Gasteiger partial charge in [0.15, 0.2) is 0 Å². The van der Waals surface area contributed by atoms with Crippen LogP contribution in [0.3, 0.4) is 0 Å². The Hall–Kier alpha value is -1.54. The molecule has 0 spiro atoms. The summed E-state index contributed by atoms with van der Waals surface area (Å²) in [5, 5.41) is 1.23. The van der Waals surface area contributed by atoms with E-state index in [-0.39, 0.29) is 0 Å². The Kier molecular flexibility index (Phi) is 2.52. The van der Waals surface area contributed by atoms with Crippen LogP contribution in [-0.2, 0) is 0 Å². The highest BCUT2D eigenvalue weighted by Gasteiger charge is 2.05. The van der Waals surface area contributed by atoms with Gasteiger partial charge in [0.25, 0.3) is 0 Å². The molecular formula is C15H12BrN. The fourth-order valence-corrected chi connectivity index (χ4v) is 2.57. The number of benzene rings is 2. The summed E-state index contributed by atoms with van der Waals surface area (Å²) in [5.41, 5.74) is 4.83. The summed E-state index contributed by atoms with van der Waals surface area (Å²) in [5.74, 6) is 0. The number of aromatic nitrogens is 1. The predicted molar refractivity (Wildman–Crippen MR) is 76.2 cm³/mol. The monoisotopic (exact) mass is 285 g/mol. The van der Waals surface area contributed by atoms with Gasteiger partial charge in [0.1, 0.15) is 0 Å². The lowest BCUT2D eigenvalue weighted by molar-refractivity contribution is 1.41. The number of para-hydroxylation sites is 1. The molecule has 3 aromatic rings. The standard InChI is InChI=1S/C15H12BrN/c1-10-4-2-5-11(8-10)14-9-12-6-3-7-13(16)15(12)17-14/h2-9,17H,1H3. The van der Waals surface area contributed by atoms with Crippen molar-refractivity contribution in [2.24, 2.45) is 0 Å². The molecule has 1 nitrogen and oxygen atoms in total. The molecule has 1 N–H and O–H groups in total. The van der Waals surface area contributed by atoms with Crippen molar-refractivity contribution in [3.05, 3.63) is 58.6 Å². The summed E-state index contributed by atoms with van der Waals surface area (Å²) in [4.78, 5) is 3.46. The second-order valence-corrected chi connectivity index (χ2v) is 5.11. The first-order valence-corrected chi connectivity index (χ1v) is 6.37. The first-order valence-electron chi connectivity index (χ1n) is 5.58. The van der Waals surface area contributed by atoms with E-state index >= 15 is 0 Å². The van der Waals surface area contributed by atoms with Gasteiger partial charge in [-0.05, 0) is 46.6 Å². The number of hydrogen-bond donors (Lipinski definition) is 1. The van der Waals surface area contributed by atoms with Crippen LogP contribution in [-0.4, -0.2) is 4.98 Å². The van der Waals surface area contributed by atoms with Crippen LogP contribution in [0, 0.1) is 6.92 Å². The van der Waals surface area contributed by atoms with E-state index in [9.17, 15) is 0 Å². The summed E-state index contributed by atoms with van der Waals surface area (Å²) in [6, 6.07) is 16.9. The number of H-pyrrole nitrogens is 1. The molecule has 0 aliphatic carbocycles. The van der Waals surface area contributed by atoms with Crippen molar-refractivity contribution in [2.75, 3.05) is 0 Å². The van der Waals surface area contributed by atoms with Crippen LogP contribution < -0.4 is 0 Å². The maximum atomic E-state index is 3.57. The highest BCUT2D eigenvalue weighted by Crippen LogP contribution is 2.28. The predicted octanol–water partition coefficient (Wildman–Crippen LogP) is 4.91. The largest absolute Gasteiger partial charge is 0.354 e. The zero-order valence-corrected chi connectivity index (χ0v) is 11.1. The van der Waals surface area contributed by atoms with Crippen molar-refractivity contribution in [1.82, 2.24) is 4.98 Å². The van der Waals surface area contributed by atoms with Crippen molar-refractivity contribution in [3.63, 3.8) is 0 Å². The van der Waals surface area contributed by atoms with E-state index < -0.39 is 0 Å². The molecule has 0 saturated heterocycles. The van der Waals surface area contributed by atoms with Crippen LogP contribution in [0.4, 0.5) is 0 Å². The summed E-state index contributed by atoms with van der Waals surface area (Å²) < 4.78 is 1.11. The average molecular weight is 286 g/mol. The Balaban J connectivity index is 2.22. The molecule has 0 amide bonds. The number of aryl methyl sites for hydroxylation is 1. The topological polar surface area (TPSA) is 15.8 Å². The van der Waals surface area contributed by atoms with Gasteiger partial charge in [0.05, 0.1) is 5.52 Å². The van der Waals surface area contributed by atoms with Crippen LogP contribution in [0.2, 0.25) is 0 Å². The minimum atomic E-state index is 1.11. The Bertz CT molecular complexity index is 682. The molecule has 1 heterocycles. The van der Waals surface area contributed by atoms with E-state index in [1.807, 2.05) is 0 Å². The zero-order chi connectivity index (χ0) is 11.8.